The molecule has 0 saturated carbocycles. The summed E-state index contributed by atoms with van der Waals surface area (Å²) in [5, 5.41) is 0. The van der Waals surface area contributed by atoms with E-state index in [1.807, 2.05) is 6.08 Å². The van der Waals surface area contributed by atoms with Crippen LogP contribution < -0.4 is 0 Å². The Kier molecular flexibility index (Phi) is 45.5. The highest BCUT2D eigenvalue weighted by Gasteiger charge is 2.17. The number of carbonyl (C=O) groups is 2. The minimum absolute atomic E-state index is 0.0367. The van der Waals surface area contributed by atoms with E-state index in [0.717, 1.165) is 77.0 Å². The second kappa shape index (κ2) is 48.2. The van der Waals surface area contributed by atoms with E-state index in [2.05, 4.69) is 112 Å². The predicted octanol–water partition coefficient (Wildman–Crippen LogP) is 15.9. The molecular weight excluding hydrogens is 717 g/mol. The molecule has 0 aliphatic heterocycles. The van der Waals surface area contributed by atoms with Gasteiger partial charge in [-0.05, 0) is 89.9 Å². The van der Waals surface area contributed by atoms with Crippen LogP contribution in [0.25, 0.3) is 0 Å². The highest BCUT2D eigenvalue weighted by molar-refractivity contribution is 5.70. The summed E-state index contributed by atoms with van der Waals surface area (Å²) in [5.41, 5.74) is 0. The zero-order valence-electron chi connectivity index (χ0n) is 37.8. The number of hydrogen-bond acceptors (Lipinski definition) is 5. The lowest BCUT2D eigenvalue weighted by atomic mass is 10.1. The molecule has 0 aliphatic rings. The number of rotatable bonds is 42. The summed E-state index contributed by atoms with van der Waals surface area (Å²) in [4.78, 5) is 25.1. The van der Waals surface area contributed by atoms with Crippen LogP contribution in [-0.4, -0.2) is 37.9 Å². The third-order valence-electron chi connectivity index (χ3n) is 9.62. The summed E-state index contributed by atoms with van der Waals surface area (Å²) in [5.74, 6) is -0.511. The van der Waals surface area contributed by atoms with Gasteiger partial charge in [-0.25, -0.2) is 0 Å². The maximum Gasteiger partial charge on any atom is 0.306 e. The van der Waals surface area contributed by atoms with Gasteiger partial charge in [0.05, 0.1) is 6.61 Å². The molecule has 0 fully saturated rings. The monoisotopic (exact) mass is 805 g/mol. The topological polar surface area (TPSA) is 61.8 Å². The van der Waals surface area contributed by atoms with E-state index in [9.17, 15) is 9.59 Å². The van der Waals surface area contributed by atoms with Crippen LogP contribution in [0.2, 0.25) is 0 Å². The van der Waals surface area contributed by atoms with Crippen LogP contribution >= 0.6 is 0 Å². The normalized spacial score (nSPS) is 13.1. The number of hydrogen-bond donors (Lipinski definition) is 0. The molecule has 0 aliphatic carbocycles. The van der Waals surface area contributed by atoms with Crippen molar-refractivity contribution in [1.82, 2.24) is 0 Å². The standard InChI is InChI=1S/C53H88O5/c1-4-7-10-13-16-18-20-22-24-26-27-28-29-31-33-35-38-40-43-46-52(54)57-50-51(58-53(55)47-44-41-37-15-12-9-6-3)49-56-48-45-42-39-36-34-32-30-25-23-21-19-17-14-11-8-5-2/h7,10,16-19,22-25,27-28,31,33,38,40,51H,4-6,8-9,11-15,20-21,26,29-30,32,34-37,39,41-50H2,1-3H3/b10-7-,18-16-,19-17-,24-22-,25-23-,28-27-,33-31-,40-38-. The lowest BCUT2D eigenvalue weighted by molar-refractivity contribution is -0.162. The van der Waals surface area contributed by atoms with Crippen LogP contribution in [0.15, 0.2) is 97.2 Å². The fourth-order valence-corrected chi connectivity index (χ4v) is 6.09. The molecule has 0 spiro atoms. The molecule has 5 heteroatoms. The Bertz CT molecular complexity index is 1140. The molecule has 0 rings (SSSR count). The van der Waals surface area contributed by atoms with Crippen LogP contribution in [0, 0.1) is 0 Å². The van der Waals surface area contributed by atoms with Crippen LogP contribution in [0.4, 0.5) is 0 Å². The van der Waals surface area contributed by atoms with Gasteiger partial charge in [0.1, 0.15) is 6.61 Å². The molecule has 0 heterocycles. The Morgan fingerprint density at radius 3 is 1.34 bits per heavy atom. The minimum atomic E-state index is -0.573. The van der Waals surface area contributed by atoms with Crippen LogP contribution in [0.1, 0.15) is 201 Å². The molecule has 1 unspecified atom stereocenters. The number of esters is 2. The van der Waals surface area contributed by atoms with Crippen LogP contribution in [-0.2, 0) is 23.8 Å². The quantitative estimate of drug-likeness (QED) is 0.0349. The van der Waals surface area contributed by atoms with Crippen molar-refractivity contribution in [1.29, 1.82) is 0 Å². The lowest BCUT2D eigenvalue weighted by Crippen LogP contribution is -2.30. The molecular formula is C53H88O5. The molecule has 58 heavy (non-hydrogen) atoms. The molecule has 0 N–H and O–H groups in total. The van der Waals surface area contributed by atoms with Gasteiger partial charge in [0.25, 0.3) is 0 Å². The van der Waals surface area contributed by atoms with Crippen LogP contribution in [0.3, 0.4) is 0 Å². The van der Waals surface area contributed by atoms with Crippen molar-refractivity contribution < 1.29 is 23.8 Å². The van der Waals surface area contributed by atoms with E-state index in [1.54, 1.807) is 0 Å². The van der Waals surface area contributed by atoms with Crippen molar-refractivity contribution >= 4 is 11.9 Å². The second-order valence-corrected chi connectivity index (χ2v) is 15.3. The summed E-state index contributed by atoms with van der Waals surface area (Å²) in [6.07, 6.45) is 64.3. The summed E-state index contributed by atoms with van der Waals surface area (Å²) in [6.45, 7) is 7.53. The van der Waals surface area contributed by atoms with E-state index in [-0.39, 0.29) is 25.2 Å². The van der Waals surface area contributed by atoms with Gasteiger partial charge in [-0.2, -0.15) is 0 Å². The highest BCUT2D eigenvalue weighted by atomic mass is 16.6. The molecule has 5 nitrogen and oxygen atoms in total. The maximum absolute atomic E-state index is 12.6. The molecule has 0 aromatic heterocycles. The molecule has 0 aromatic carbocycles. The van der Waals surface area contributed by atoms with E-state index in [0.29, 0.717) is 25.9 Å². The fraction of sp³-hybridized carbons (Fsp3) is 0.660. The van der Waals surface area contributed by atoms with Crippen molar-refractivity contribution in [2.24, 2.45) is 0 Å². The molecule has 0 amide bonds. The van der Waals surface area contributed by atoms with Gasteiger partial charge in [-0.1, -0.05) is 195 Å². The molecule has 0 bridgehead atoms. The highest BCUT2D eigenvalue weighted by Crippen LogP contribution is 2.12. The van der Waals surface area contributed by atoms with Gasteiger partial charge in [-0.3, -0.25) is 9.59 Å². The van der Waals surface area contributed by atoms with Crippen molar-refractivity contribution in [2.75, 3.05) is 19.8 Å². The first-order valence-electron chi connectivity index (χ1n) is 23.8. The van der Waals surface area contributed by atoms with Crippen molar-refractivity contribution in [3.8, 4) is 0 Å². The Balaban J connectivity index is 4.30. The van der Waals surface area contributed by atoms with Crippen LogP contribution in [0.5, 0.6) is 0 Å². The third-order valence-corrected chi connectivity index (χ3v) is 9.62. The van der Waals surface area contributed by atoms with Gasteiger partial charge in [0.2, 0.25) is 0 Å². The largest absolute Gasteiger partial charge is 0.462 e. The average Bonchev–Trinajstić information content (AvgIpc) is 3.22. The van der Waals surface area contributed by atoms with Gasteiger partial charge >= 0.3 is 11.9 Å². The number of allylic oxidation sites excluding steroid dienone is 16. The Morgan fingerprint density at radius 1 is 0.397 bits per heavy atom. The van der Waals surface area contributed by atoms with Gasteiger partial charge < -0.3 is 14.2 Å². The third kappa shape index (κ3) is 45.5. The smallest absolute Gasteiger partial charge is 0.306 e. The van der Waals surface area contributed by atoms with E-state index >= 15 is 0 Å². The summed E-state index contributed by atoms with van der Waals surface area (Å²) >= 11 is 0. The zero-order valence-corrected chi connectivity index (χ0v) is 37.8. The van der Waals surface area contributed by atoms with Gasteiger partial charge in [0.15, 0.2) is 6.10 Å². The fourth-order valence-electron chi connectivity index (χ4n) is 6.09. The lowest BCUT2D eigenvalue weighted by Gasteiger charge is -2.18. The van der Waals surface area contributed by atoms with Gasteiger partial charge in [-0.15, -0.1) is 0 Å². The number of unbranched alkanes of at least 4 members (excludes halogenated alkanes) is 15. The summed E-state index contributed by atoms with van der Waals surface area (Å²) < 4.78 is 17.2. The average molecular weight is 805 g/mol. The van der Waals surface area contributed by atoms with Crippen molar-refractivity contribution in [3.05, 3.63) is 97.2 Å². The first kappa shape index (κ1) is 54.8. The maximum atomic E-state index is 12.6. The second-order valence-electron chi connectivity index (χ2n) is 15.3. The molecule has 0 radical (unpaired) electrons. The predicted molar refractivity (Wildman–Crippen MR) is 251 cm³/mol. The van der Waals surface area contributed by atoms with E-state index in [4.69, 9.17) is 14.2 Å². The summed E-state index contributed by atoms with van der Waals surface area (Å²) in [6, 6.07) is 0. The van der Waals surface area contributed by atoms with E-state index < -0.39 is 6.10 Å². The minimum Gasteiger partial charge on any atom is -0.462 e. The Hall–Kier alpha value is -3.18. The summed E-state index contributed by atoms with van der Waals surface area (Å²) in [7, 11) is 0. The Labute approximate surface area is 358 Å². The Morgan fingerprint density at radius 2 is 0.810 bits per heavy atom. The number of carbonyl (C=O) groups excluding carboxylic acids is 2. The first-order chi connectivity index (χ1) is 28.6. The van der Waals surface area contributed by atoms with Crippen molar-refractivity contribution in [3.63, 3.8) is 0 Å². The zero-order chi connectivity index (χ0) is 42.1. The SMILES string of the molecule is CC/C=C\C/C=C\C/C=C\C/C=C\C/C=C\C/C=C\CCC(=O)OCC(COCCCCCCCC/C=C\C/C=C\CCCCC)OC(=O)CCCCCCCCC. The number of ether oxygens (including phenoxy) is 3. The molecule has 0 aromatic rings. The molecule has 0 saturated heterocycles. The van der Waals surface area contributed by atoms with Gasteiger partial charge in [0, 0.05) is 19.4 Å². The first-order valence-corrected chi connectivity index (χ1v) is 23.8. The van der Waals surface area contributed by atoms with Crippen molar-refractivity contribution in [2.45, 2.75) is 207 Å². The van der Waals surface area contributed by atoms with E-state index in [1.165, 1.54) is 83.5 Å². The molecule has 330 valence electrons. The molecule has 1 atom stereocenters.